The first-order chi connectivity index (χ1) is 9.86. The van der Waals surface area contributed by atoms with E-state index in [0.717, 1.165) is 5.56 Å². The highest BCUT2D eigenvalue weighted by molar-refractivity contribution is 5.91. The van der Waals surface area contributed by atoms with E-state index >= 15 is 0 Å². The van der Waals surface area contributed by atoms with E-state index in [9.17, 15) is 20.0 Å². The van der Waals surface area contributed by atoms with Crippen molar-refractivity contribution in [3.05, 3.63) is 33.4 Å². The number of nitro benzene ring substituents is 1. The van der Waals surface area contributed by atoms with E-state index in [-0.39, 0.29) is 5.69 Å². The maximum absolute atomic E-state index is 11.8. The number of benzene rings is 1. The van der Waals surface area contributed by atoms with Crippen LogP contribution in [0, 0.1) is 24.0 Å². The molecule has 1 unspecified atom stereocenters. The minimum Gasteiger partial charge on any atom is -0.393 e. The van der Waals surface area contributed by atoms with Crippen LogP contribution in [0.25, 0.3) is 0 Å². The molecular weight excluding hydrogens is 274 g/mol. The Morgan fingerprint density at radius 3 is 2.67 bits per heavy atom. The number of urea groups is 1. The number of amides is 2. The smallest absolute Gasteiger partial charge is 0.319 e. The molecule has 116 valence electrons. The van der Waals surface area contributed by atoms with E-state index in [2.05, 4.69) is 10.6 Å². The average Bonchev–Trinajstić information content (AvgIpc) is 2.42. The predicted octanol–water partition coefficient (Wildman–Crippen LogP) is 2.49. The zero-order chi connectivity index (χ0) is 16.0. The number of hydrogen-bond acceptors (Lipinski definition) is 4. The quantitative estimate of drug-likeness (QED) is 0.554. The lowest BCUT2D eigenvalue weighted by atomic mass is 10.1. The SMILES string of the molecule is CCC(O)CCNC(=O)Nc1c(C)ccc([N+](=O)[O-])c1C. The summed E-state index contributed by atoms with van der Waals surface area (Å²) in [6.45, 7) is 5.57. The van der Waals surface area contributed by atoms with Gasteiger partial charge >= 0.3 is 6.03 Å². The second-order valence-electron chi connectivity index (χ2n) is 4.89. The van der Waals surface area contributed by atoms with Crippen LogP contribution < -0.4 is 10.6 Å². The van der Waals surface area contributed by atoms with Crippen molar-refractivity contribution in [3.8, 4) is 0 Å². The Balaban J connectivity index is 2.72. The monoisotopic (exact) mass is 295 g/mol. The second kappa shape index (κ2) is 7.58. The van der Waals surface area contributed by atoms with Crippen LogP contribution in [0.1, 0.15) is 30.9 Å². The van der Waals surface area contributed by atoms with Crippen LogP contribution in [0.5, 0.6) is 0 Å². The maximum atomic E-state index is 11.8. The molecule has 21 heavy (non-hydrogen) atoms. The number of rotatable bonds is 6. The standard InChI is InChI=1S/C14H21N3O4/c1-4-11(18)7-8-15-14(19)16-13-9(2)5-6-12(10(13)3)17(20)21/h5-6,11,18H,4,7-8H2,1-3H3,(H2,15,16,19). The molecule has 1 atom stereocenters. The molecule has 0 spiro atoms. The summed E-state index contributed by atoms with van der Waals surface area (Å²) < 4.78 is 0. The number of nitrogens with one attached hydrogen (secondary N) is 2. The Bertz CT molecular complexity index is 531. The van der Waals surface area contributed by atoms with E-state index in [1.807, 2.05) is 6.92 Å². The molecule has 0 heterocycles. The number of aliphatic hydroxyl groups is 1. The van der Waals surface area contributed by atoms with Crippen LogP contribution in [0.2, 0.25) is 0 Å². The molecule has 0 radical (unpaired) electrons. The van der Waals surface area contributed by atoms with Gasteiger partial charge in [-0.3, -0.25) is 10.1 Å². The topological polar surface area (TPSA) is 104 Å². The molecule has 1 aromatic carbocycles. The summed E-state index contributed by atoms with van der Waals surface area (Å²) in [4.78, 5) is 22.2. The van der Waals surface area contributed by atoms with Gasteiger partial charge in [0.1, 0.15) is 0 Å². The van der Waals surface area contributed by atoms with Gasteiger partial charge in [0.2, 0.25) is 0 Å². The number of aliphatic hydroxyl groups excluding tert-OH is 1. The highest BCUT2D eigenvalue weighted by Crippen LogP contribution is 2.28. The third-order valence-corrected chi connectivity index (χ3v) is 3.31. The fourth-order valence-electron chi connectivity index (χ4n) is 1.94. The molecule has 2 amide bonds. The Kier molecular flexibility index (Phi) is 6.10. The van der Waals surface area contributed by atoms with Crippen molar-refractivity contribution >= 4 is 17.4 Å². The molecule has 1 rings (SSSR count). The van der Waals surface area contributed by atoms with Crippen molar-refractivity contribution in [2.45, 2.75) is 39.7 Å². The van der Waals surface area contributed by atoms with Gasteiger partial charge in [-0.15, -0.1) is 0 Å². The normalized spacial score (nSPS) is 11.8. The summed E-state index contributed by atoms with van der Waals surface area (Å²) in [6.07, 6.45) is 0.662. The number of nitrogens with zero attached hydrogens (tertiary/aromatic N) is 1. The van der Waals surface area contributed by atoms with E-state index in [1.165, 1.54) is 6.07 Å². The van der Waals surface area contributed by atoms with Crippen LogP contribution in [0.15, 0.2) is 12.1 Å². The van der Waals surface area contributed by atoms with E-state index in [4.69, 9.17) is 0 Å². The number of aryl methyl sites for hydroxylation is 1. The average molecular weight is 295 g/mol. The van der Waals surface area contributed by atoms with Crippen molar-refractivity contribution in [3.63, 3.8) is 0 Å². The summed E-state index contributed by atoms with van der Waals surface area (Å²) >= 11 is 0. The lowest BCUT2D eigenvalue weighted by Crippen LogP contribution is -2.31. The van der Waals surface area contributed by atoms with Gasteiger partial charge < -0.3 is 15.7 Å². The maximum Gasteiger partial charge on any atom is 0.319 e. The van der Waals surface area contributed by atoms with Crippen molar-refractivity contribution in [2.75, 3.05) is 11.9 Å². The predicted molar refractivity (Wildman–Crippen MR) is 80.5 cm³/mol. The van der Waals surface area contributed by atoms with E-state index < -0.39 is 17.1 Å². The Morgan fingerprint density at radius 2 is 2.10 bits per heavy atom. The van der Waals surface area contributed by atoms with Crippen LogP contribution in [-0.4, -0.2) is 28.7 Å². The molecule has 0 saturated heterocycles. The molecule has 3 N–H and O–H groups in total. The minimum atomic E-state index is -0.477. The fraction of sp³-hybridized carbons (Fsp3) is 0.500. The molecule has 0 aliphatic carbocycles. The molecule has 0 fully saturated rings. The van der Waals surface area contributed by atoms with Gasteiger partial charge in [-0.05, 0) is 32.3 Å². The minimum absolute atomic E-state index is 0.0303. The molecular formula is C14H21N3O4. The number of anilines is 1. The van der Waals surface area contributed by atoms with Gasteiger partial charge in [0.15, 0.2) is 0 Å². The van der Waals surface area contributed by atoms with Gasteiger partial charge in [-0.1, -0.05) is 13.0 Å². The van der Waals surface area contributed by atoms with Gasteiger partial charge in [0.25, 0.3) is 5.69 Å². The molecule has 0 aliphatic rings. The van der Waals surface area contributed by atoms with Crippen LogP contribution >= 0.6 is 0 Å². The molecule has 7 heteroatoms. The first-order valence-electron chi connectivity index (χ1n) is 6.84. The summed E-state index contributed by atoms with van der Waals surface area (Å²) in [5, 5.41) is 25.5. The van der Waals surface area contributed by atoms with Crippen molar-refractivity contribution in [1.29, 1.82) is 0 Å². The number of hydrogen-bond donors (Lipinski definition) is 3. The highest BCUT2D eigenvalue weighted by Gasteiger charge is 2.17. The number of nitro groups is 1. The summed E-state index contributed by atoms with van der Waals surface area (Å²) in [7, 11) is 0. The third-order valence-electron chi connectivity index (χ3n) is 3.31. The first-order valence-corrected chi connectivity index (χ1v) is 6.84. The molecule has 0 saturated carbocycles. The Hall–Kier alpha value is -2.15. The van der Waals surface area contributed by atoms with Crippen LogP contribution in [0.3, 0.4) is 0 Å². The van der Waals surface area contributed by atoms with Crippen molar-refractivity contribution in [1.82, 2.24) is 5.32 Å². The van der Waals surface area contributed by atoms with E-state index in [1.54, 1.807) is 19.9 Å². The zero-order valence-electron chi connectivity index (χ0n) is 12.5. The van der Waals surface area contributed by atoms with Crippen LogP contribution in [0.4, 0.5) is 16.2 Å². The molecule has 0 bridgehead atoms. The Morgan fingerprint density at radius 1 is 1.43 bits per heavy atom. The Labute approximate surface area is 123 Å². The number of carbonyl (C=O) groups excluding carboxylic acids is 1. The van der Waals surface area contributed by atoms with Crippen LogP contribution in [-0.2, 0) is 0 Å². The molecule has 0 aliphatic heterocycles. The zero-order valence-corrected chi connectivity index (χ0v) is 12.5. The summed E-state index contributed by atoms with van der Waals surface area (Å²) in [5.41, 5.74) is 1.58. The first kappa shape index (κ1) is 16.9. The van der Waals surface area contributed by atoms with Gasteiger partial charge in [-0.2, -0.15) is 0 Å². The number of carbonyl (C=O) groups is 1. The highest BCUT2D eigenvalue weighted by atomic mass is 16.6. The van der Waals surface area contributed by atoms with Gasteiger partial charge in [0.05, 0.1) is 22.3 Å². The van der Waals surface area contributed by atoms with E-state index in [0.29, 0.717) is 30.6 Å². The lowest BCUT2D eigenvalue weighted by Gasteiger charge is -2.13. The third kappa shape index (κ3) is 4.71. The van der Waals surface area contributed by atoms with Gasteiger partial charge in [0, 0.05) is 12.6 Å². The molecule has 1 aromatic rings. The largest absolute Gasteiger partial charge is 0.393 e. The molecule has 7 nitrogen and oxygen atoms in total. The lowest BCUT2D eigenvalue weighted by molar-refractivity contribution is -0.385. The van der Waals surface area contributed by atoms with Crippen molar-refractivity contribution < 1.29 is 14.8 Å². The summed E-state index contributed by atoms with van der Waals surface area (Å²) in [6, 6.07) is 2.58. The fourth-order valence-corrected chi connectivity index (χ4v) is 1.94. The second-order valence-corrected chi connectivity index (χ2v) is 4.89. The summed E-state index contributed by atoms with van der Waals surface area (Å²) in [5.74, 6) is 0. The van der Waals surface area contributed by atoms with Crippen molar-refractivity contribution in [2.24, 2.45) is 0 Å². The van der Waals surface area contributed by atoms with Gasteiger partial charge in [-0.25, -0.2) is 4.79 Å². The molecule has 0 aromatic heterocycles.